The van der Waals surface area contributed by atoms with Crippen molar-refractivity contribution in [3.63, 3.8) is 0 Å². The molecule has 1 rings (SSSR count). The van der Waals surface area contributed by atoms with Crippen molar-refractivity contribution in [3.05, 3.63) is 29.8 Å². The molecule has 0 heterocycles. The first-order valence-electron chi connectivity index (χ1n) is 6.73. The van der Waals surface area contributed by atoms with Crippen LogP contribution in [0.25, 0.3) is 0 Å². The topological polar surface area (TPSA) is 61.4 Å². The summed E-state index contributed by atoms with van der Waals surface area (Å²) in [5, 5.41) is 15.4. The molecule has 0 radical (unpaired) electrons. The highest BCUT2D eigenvalue weighted by molar-refractivity contribution is 5.81. The van der Waals surface area contributed by atoms with E-state index >= 15 is 0 Å². The molecular formula is C15H24N2O2. The zero-order valence-corrected chi connectivity index (χ0v) is 12.1. The highest BCUT2D eigenvalue weighted by atomic mass is 16.3. The molecule has 0 fully saturated rings. The Morgan fingerprint density at radius 1 is 1.16 bits per heavy atom. The number of phenols is 1. The lowest BCUT2D eigenvalue weighted by molar-refractivity contribution is -0.123. The van der Waals surface area contributed by atoms with Gasteiger partial charge in [0.15, 0.2) is 0 Å². The molecule has 0 aliphatic carbocycles. The minimum atomic E-state index is -0.213. The van der Waals surface area contributed by atoms with Gasteiger partial charge in [0.2, 0.25) is 5.91 Å². The minimum Gasteiger partial charge on any atom is -0.508 e. The van der Waals surface area contributed by atoms with Crippen LogP contribution in [0.2, 0.25) is 0 Å². The molecule has 1 aromatic carbocycles. The normalized spacial score (nSPS) is 14.2. The number of rotatable bonds is 6. The molecule has 0 saturated carbocycles. The van der Waals surface area contributed by atoms with Crippen molar-refractivity contribution in [1.82, 2.24) is 10.6 Å². The molecule has 2 unspecified atom stereocenters. The summed E-state index contributed by atoms with van der Waals surface area (Å²) in [6.45, 7) is 7.81. The molecule has 0 aliphatic heterocycles. The van der Waals surface area contributed by atoms with Crippen molar-refractivity contribution >= 4 is 5.91 Å². The Balaban J connectivity index is 2.44. The van der Waals surface area contributed by atoms with Crippen LogP contribution in [-0.4, -0.2) is 29.1 Å². The van der Waals surface area contributed by atoms with Gasteiger partial charge in [0.05, 0.1) is 6.04 Å². The second-order valence-electron chi connectivity index (χ2n) is 5.32. The van der Waals surface area contributed by atoms with Gasteiger partial charge >= 0.3 is 0 Å². The summed E-state index contributed by atoms with van der Waals surface area (Å²) in [5.41, 5.74) is 1.13. The van der Waals surface area contributed by atoms with E-state index in [1.54, 1.807) is 12.1 Å². The van der Waals surface area contributed by atoms with Gasteiger partial charge in [-0.1, -0.05) is 12.1 Å². The van der Waals surface area contributed by atoms with E-state index in [1.807, 2.05) is 39.8 Å². The largest absolute Gasteiger partial charge is 0.508 e. The minimum absolute atomic E-state index is 0.0209. The summed E-state index contributed by atoms with van der Waals surface area (Å²) < 4.78 is 0. The summed E-state index contributed by atoms with van der Waals surface area (Å²) in [4.78, 5) is 11.8. The van der Waals surface area contributed by atoms with Gasteiger partial charge in [-0.15, -0.1) is 0 Å². The second-order valence-corrected chi connectivity index (χ2v) is 5.32. The first kappa shape index (κ1) is 15.5. The maximum absolute atomic E-state index is 11.8. The van der Waals surface area contributed by atoms with Crippen LogP contribution in [0.15, 0.2) is 24.3 Å². The van der Waals surface area contributed by atoms with Crippen molar-refractivity contribution in [2.45, 2.75) is 52.2 Å². The predicted octanol–water partition coefficient (Wildman–Crippen LogP) is 1.83. The molecule has 3 N–H and O–H groups in total. The van der Waals surface area contributed by atoms with Gasteiger partial charge < -0.3 is 15.7 Å². The third-order valence-corrected chi connectivity index (χ3v) is 2.84. The SMILES string of the molecule is CC(C)NC(=O)C(C)NC(C)Cc1ccc(O)cc1. The number of carbonyl (C=O) groups is 1. The number of amides is 1. The van der Waals surface area contributed by atoms with Crippen molar-refractivity contribution in [1.29, 1.82) is 0 Å². The van der Waals surface area contributed by atoms with Crippen molar-refractivity contribution in [3.8, 4) is 5.75 Å². The van der Waals surface area contributed by atoms with Crippen LogP contribution >= 0.6 is 0 Å². The Kier molecular flexibility index (Phi) is 5.83. The smallest absolute Gasteiger partial charge is 0.237 e. The number of carbonyl (C=O) groups excluding carboxylic acids is 1. The molecule has 0 saturated heterocycles. The average Bonchev–Trinajstić information content (AvgIpc) is 2.31. The Labute approximate surface area is 115 Å². The van der Waals surface area contributed by atoms with E-state index in [4.69, 9.17) is 0 Å². The maximum atomic E-state index is 11.8. The van der Waals surface area contributed by atoms with Crippen LogP contribution in [0.5, 0.6) is 5.75 Å². The van der Waals surface area contributed by atoms with Crippen LogP contribution in [-0.2, 0) is 11.2 Å². The molecule has 19 heavy (non-hydrogen) atoms. The molecule has 0 aromatic heterocycles. The molecule has 0 aliphatic rings. The van der Waals surface area contributed by atoms with Crippen LogP contribution in [0.4, 0.5) is 0 Å². The molecule has 0 spiro atoms. The molecule has 0 bridgehead atoms. The standard InChI is InChI=1S/C15H24N2O2/c1-10(2)16-15(19)12(4)17-11(3)9-13-5-7-14(18)8-6-13/h5-8,10-12,17-18H,9H2,1-4H3,(H,16,19). The Morgan fingerprint density at radius 2 is 1.74 bits per heavy atom. The van der Waals surface area contributed by atoms with Crippen molar-refractivity contribution < 1.29 is 9.90 Å². The van der Waals surface area contributed by atoms with Gasteiger partial charge in [-0.2, -0.15) is 0 Å². The monoisotopic (exact) mass is 264 g/mol. The van der Waals surface area contributed by atoms with Crippen molar-refractivity contribution in [2.24, 2.45) is 0 Å². The fourth-order valence-electron chi connectivity index (χ4n) is 1.96. The van der Waals surface area contributed by atoms with Crippen LogP contribution < -0.4 is 10.6 Å². The second kappa shape index (κ2) is 7.14. The van der Waals surface area contributed by atoms with E-state index < -0.39 is 0 Å². The number of phenolic OH excluding ortho intramolecular Hbond substituents is 1. The Hall–Kier alpha value is -1.55. The van der Waals surface area contributed by atoms with E-state index in [9.17, 15) is 9.90 Å². The molecule has 106 valence electrons. The Bertz CT molecular complexity index is 401. The average molecular weight is 264 g/mol. The lowest BCUT2D eigenvalue weighted by Gasteiger charge is -2.20. The van der Waals surface area contributed by atoms with E-state index in [0.29, 0.717) is 0 Å². The lowest BCUT2D eigenvalue weighted by atomic mass is 10.1. The van der Waals surface area contributed by atoms with E-state index in [0.717, 1.165) is 12.0 Å². The maximum Gasteiger partial charge on any atom is 0.237 e. The van der Waals surface area contributed by atoms with Crippen LogP contribution in [0.3, 0.4) is 0 Å². The number of hydrogen-bond donors (Lipinski definition) is 3. The summed E-state index contributed by atoms with van der Waals surface area (Å²) in [5.74, 6) is 0.293. The number of nitrogens with one attached hydrogen (secondary N) is 2. The predicted molar refractivity (Wildman–Crippen MR) is 77.1 cm³/mol. The third kappa shape index (κ3) is 5.75. The molecule has 1 amide bonds. The fourth-order valence-corrected chi connectivity index (χ4v) is 1.96. The van der Waals surface area contributed by atoms with Crippen LogP contribution in [0, 0.1) is 0 Å². The van der Waals surface area contributed by atoms with Crippen LogP contribution in [0.1, 0.15) is 33.3 Å². The number of benzene rings is 1. The first-order chi connectivity index (χ1) is 8.88. The highest BCUT2D eigenvalue weighted by Crippen LogP contribution is 2.11. The fraction of sp³-hybridized carbons (Fsp3) is 0.533. The first-order valence-corrected chi connectivity index (χ1v) is 6.73. The van der Waals surface area contributed by atoms with Gasteiger partial charge in [-0.3, -0.25) is 4.79 Å². The molecule has 1 aromatic rings. The highest BCUT2D eigenvalue weighted by Gasteiger charge is 2.15. The van der Waals surface area contributed by atoms with E-state index in [2.05, 4.69) is 10.6 Å². The molecule has 2 atom stereocenters. The number of hydrogen-bond acceptors (Lipinski definition) is 3. The summed E-state index contributed by atoms with van der Waals surface area (Å²) in [6, 6.07) is 7.28. The van der Waals surface area contributed by atoms with Gasteiger partial charge in [0.25, 0.3) is 0 Å². The van der Waals surface area contributed by atoms with Crippen molar-refractivity contribution in [2.75, 3.05) is 0 Å². The summed E-state index contributed by atoms with van der Waals surface area (Å²) in [6.07, 6.45) is 0.819. The third-order valence-electron chi connectivity index (χ3n) is 2.84. The van der Waals surface area contributed by atoms with Gasteiger partial charge in [-0.05, 0) is 51.8 Å². The number of aromatic hydroxyl groups is 1. The molecule has 4 heteroatoms. The van der Waals surface area contributed by atoms with Gasteiger partial charge in [-0.25, -0.2) is 0 Å². The Morgan fingerprint density at radius 3 is 2.26 bits per heavy atom. The zero-order valence-electron chi connectivity index (χ0n) is 12.1. The van der Waals surface area contributed by atoms with Gasteiger partial charge in [0.1, 0.15) is 5.75 Å². The summed E-state index contributed by atoms with van der Waals surface area (Å²) in [7, 11) is 0. The molecular weight excluding hydrogens is 240 g/mol. The lowest BCUT2D eigenvalue weighted by Crippen LogP contribution is -2.48. The van der Waals surface area contributed by atoms with E-state index in [-0.39, 0.29) is 29.8 Å². The zero-order chi connectivity index (χ0) is 14.4. The van der Waals surface area contributed by atoms with E-state index in [1.165, 1.54) is 0 Å². The van der Waals surface area contributed by atoms with Gasteiger partial charge in [0, 0.05) is 12.1 Å². The summed E-state index contributed by atoms with van der Waals surface area (Å²) >= 11 is 0. The quantitative estimate of drug-likeness (QED) is 0.734. The molecule has 4 nitrogen and oxygen atoms in total.